The minimum absolute atomic E-state index is 0.0164. The van der Waals surface area contributed by atoms with Crippen LogP contribution >= 0.6 is 0 Å². The first kappa shape index (κ1) is 20.7. The second-order valence-electron chi connectivity index (χ2n) is 6.47. The lowest BCUT2D eigenvalue weighted by molar-refractivity contribution is -0.139. The van der Waals surface area contributed by atoms with Crippen LogP contribution in [0.25, 0.3) is 0 Å². The van der Waals surface area contributed by atoms with Crippen LogP contribution in [-0.2, 0) is 14.4 Å². The van der Waals surface area contributed by atoms with Crippen LogP contribution in [0.1, 0.15) is 13.8 Å². The molecule has 0 aromatic heterocycles. The number of benzene rings is 1. The van der Waals surface area contributed by atoms with E-state index in [1.807, 2.05) is 6.92 Å². The molecule has 2 rings (SSSR count). The van der Waals surface area contributed by atoms with Gasteiger partial charge >= 0.3 is 0 Å². The summed E-state index contributed by atoms with van der Waals surface area (Å²) in [4.78, 5) is 41.4. The van der Waals surface area contributed by atoms with Gasteiger partial charge in [-0.15, -0.1) is 0 Å². The zero-order valence-corrected chi connectivity index (χ0v) is 16.2. The van der Waals surface area contributed by atoms with Gasteiger partial charge in [0.1, 0.15) is 5.75 Å². The number of rotatable bonds is 7. The van der Waals surface area contributed by atoms with Crippen molar-refractivity contribution in [2.45, 2.75) is 13.8 Å². The van der Waals surface area contributed by atoms with Gasteiger partial charge in [0, 0.05) is 38.8 Å². The van der Waals surface area contributed by atoms with Gasteiger partial charge in [0.25, 0.3) is 0 Å². The van der Waals surface area contributed by atoms with Gasteiger partial charge in [-0.1, -0.05) is 6.92 Å². The number of carbonyl (C=O) groups excluding carboxylic acids is 3. The molecule has 0 bridgehead atoms. The number of anilines is 1. The first-order chi connectivity index (χ1) is 12.9. The molecule has 0 aliphatic carbocycles. The molecule has 1 aliphatic heterocycles. The summed E-state index contributed by atoms with van der Waals surface area (Å²) in [5.41, 5.74) is 0.684. The molecule has 1 heterocycles. The second kappa shape index (κ2) is 9.91. The molecule has 1 fully saturated rings. The minimum Gasteiger partial charge on any atom is -0.497 e. The first-order valence-electron chi connectivity index (χ1n) is 9.12. The highest BCUT2D eigenvalue weighted by molar-refractivity contribution is 5.92. The molecule has 8 nitrogen and oxygen atoms in total. The third-order valence-electron chi connectivity index (χ3n) is 4.62. The fraction of sp³-hybridized carbons (Fsp3) is 0.526. The molecule has 0 saturated carbocycles. The van der Waals surface area contributed by atoms with E-state index in [0.717, 1.165) is 5.75 Å². The van der Waals surface area contributed by atoms with Gasteiger partial charge < -0.3 is 19.9 Å². The van der Waals surface area contributed by atoms with Crippen molar-refractivity contribution in [1.29, 1.82) is 0 Å². The van der Waals surface area contributed by atoms with Crippen LogP contribution in [-0.4, -0.2) is 85.3 Å². The predicted octanol–water partition coefficient (Wildman–Crippen LogP) is 0.646. The summed E-state index contributed by atoms with van der Waals surface area (Å²) in [6.07, 6.45) is 0. The fourth-order valence-electron chi connectivity index (χ4n) is 2.92. The standard InChI is InChI=1S/C19H28N4O4/c1-4-21(13-18(25)20-16-5-7-17(27-3)8-6-16)14-19(26)23-11-9-22(10-12-23)15(2)24/h5-8H,4,9-14H2,1-3H3,(H,20,25). The highest BCUT2D eigenvalue weighted by Gasteiger charge is 2.24. The Morgan fingerprint density at radius 1 is 1.04 bits per heavy atom. The Labute approximate surface area is 160 Å². The SMILES string of the molecule is CCN(CC(=O)Nc1ccc(OC)cc1)CC(=O)N1CCN(C(C)=O)CC1. The van der Waals surface area contributed by atoms with Gasteiger partial charge in [-0.3, -0.25) is 19.3 Å². The molecule has 0 radical (unpaired) electrons. The van der Waals surface area contributed by atoms with Crippen molar-refractivity contribution < 1.29 is 19.1 Å². The maximum Gasteiger partial charge on any atom is 0.238 e. The molecule has 0 atom stereocenters. The van der Waals surface area contributed by atoms with Crippen LogP contribution < -0.4 is 10.1 Å². The van der Waals surface area contributed by atoms with E-state index in [1.54, 1.807) is 46.1 Å². The Balaban J connectivity index is 1.80. The van der Waals surface area contributed by atoms with Gasteiger partial charge in [0.05, 0.1) is 20.2 Å². The lowest BCUT2D eigenvalue weighted by Gasteiger charge is -2.35. The number of carbonyl (C=O) groups is 3. The molecular formula is C19H28N4O4. The summed E-state index contributed by atoms with van der Waals surface area (Å²) in [5, 5.41) is 2.82. The molecular weight excluding hydrogens is 348 g/mol. The summed E-state index contributed by atoms with van der Waals surface area (Å²) in [5.74, 6) is 0.569. The molecule has 0 unspecified atom stereocenters. The molecule has 1 aromatic rings. The zero-order valence-electron chi connectivity index (χ0n) is 16.2. The largest absolute Gasteiger partial charge is 0.497 e. The average Bonchev–Trinajstić information content (AvgIpc) is 2.68. The number of ether oxygens (including phenoxy) is 1. The molecule has 1 saturated heterocycles. The number of methoxy groups -OCH3 is 1. The molecule has 8 heteroatoms. The molecule has 3 amide bonds. The molecule has 148 valence electrons. The van der Waals surface area contributed by atoms with Gasteiger partial charge in [0.15, 0.2) is 0 Å². The third kappa shape index (κ3) is 6.25. The zero-order chi connectivity index (χ0) is 19.8. The number of nitrogens with one attached hydrogen (secondary N) is 1. The highest BCUT2D eigenvalue weighted by Crippen LogP contribution is 2.15. The lowest BCUT2D eigenvalue weighted by Crippen LogP contribution is -2.52. The van der Waals surface area contributed by atoms with Gasteiger partial charge in [-0.25, -0.2) is 0 Å². The lowest BCUT2D eigenvalue weighted by atomic mass is 10.3. The molecule has 27 heavy (non-hydrogen) atoms. The molecule has 1 aromatic carbocycles. The van der Waals surface area contributed by atoms with Crippen LogP contribution in [0.2, 0.25) is 0 Å². The summed E-state index contributed by atoms with van der Waals surface area (Å²) < 4.78 is 5.09. The Kier molecular flexibility index (Phi) is 7.60. The van der Waals surface area contributed by atoms with Crippen molar-refractivity contribution in [1.82, 2.24) is 14.7 Å². The summed E-state index contributed by atoms with van der Waals surface area (Å²) in [7, 11) is 1.59. The van der Waals surface area contributed by atoms with Crippen molar-refractivity contribution >= 4 is 23.4 Å². The van der Waals surface area contributed by atoms with E-state index in [0.29, 0.717) is 38.4 Å². The van der Waals surface area contributed by atoms with Gasteiger partial charge in [-0.05, 0) is 30.8 Å². The van der Waals surface area contributed by atoms with Crippen LogP contribution in [0.5, 0.6) is 5.75 Å². The van der Waals surface area contributed by atoms with E-state index < -0.39 is 0 Å². The van der Waals surface area contributed by atoms with Gasteiger partial charge in [-0.2, -0.15) is 0 Å². The Morgan fingerprint density at radius 3 is 2.15 bits per heavy atom. The topological polar surface area (TPSA) is 82.2 Å². The molecule has 0 spiro atoms. The van der Waals surface area contributed by atoms with E-state index >= 15 is 0 Å². The number of likely N-dealkylation sites (N-methyl/N-ethyl adjacent to an activating group) is 1. The van der Waals surface area contributed by atoms with E-state index in [1.165, 1.54) is 6.92 Å². The summed E-state index contributed by atoms with van der Waals surface area (Å²) >= 11 is 0. The van der Waals surface area contributed by atoms with E-state index in [9.17, 15) is 14.4 Å². The monoisotopic (exact) mass is 376 g/mol. The van der Waals surface area contributed by atoms with Crippen molar-refractivity contribution in [2.75, 3.05) is 58.2 Å². The maximum absolute atomic E-state index is 12.5. The first-order valence-corrected chi connectivity index (χ1v) is 9.12. The number of piperazine rings is 1. The maximum atomic E-state index is 12.5. The molecule has 1 aliphatic rings. The fourth-order valence-corrected chi connectivity index (χ4v) is 2.92. The predicted molar refractivity (Wildman–Crippen MR) is 103 cm³/mol. The molecule has 1 N–H and O–H groups in total. The van der Waals surface area contributed by atoms with Crippen LogP contribution in [0, 0.1) is 0 Å². The third-order valence-corrected chi connectivity index (χ3v) is 4.62. The normalized spacial score (nSPS) is 14.2. The Morgan fingerprint density at radius 2 is 1.63 bits per heavy atom. The van der Waals surface area contributed by atoms with Crippen LogP contribution in [0.15, 0.2) is 24.3 Å². The van der Waals surface area contributed by atoms with Crippen molar-refractivity contribution in [3.8, 4) is 5.75 Å². The number of hydrogen-bond donors (Lipinski definition) is 1. The van der Waals surface area contributed by atoms with Crippen molar-refractivity contribution in [3.63, 3.8) is 0 Å². The van der Waals surface area contributed by atoms with Gasteiger partial charge in [0.2, 0.25) is 17.7 Å². The average molecular weight is 376 g/mol. The van der Waals surface area contributed by atoms with E-state index in [4.69, 9.17) is 4.74 Å². The highest BCUT2D eigenvalue weighted by atomic mass is 16.5. The van der Waals surface area contributed by atoms with Crippen molar-refractivity contribution in [2.24, 2.45) is 0 Å². The Bertz CT molecular complexity index is 654. The number of hydrogen-bond acceptors (Lipinski definition) is 5. The number of amides is 3. The second-order valence-corrected chi connectivity index (χ2v) is 6.47. The summed E-state index contributed by atoms with van der Waals surface area (Å²) in [6, 6.07) is 7.09. The van der Waals surface area contributed by atoms with E-state index in [-0.39, 0.29) is 30.8 Å². The number of nitrogens with zero attached hydrogens (tertiary/aromatic N) is 3. The summed E-state index contributed by atoms with van der Waals surface area (Å²) in [6.45, 7) is 6.57. The minimum atomic E-state index is -0.170. The van der Waals surface area contributed by atoms with Crippen LogP contribution in [0.4, 0.5) is 5.69 Å². The quantitative estimate of drug-likeness (QED) is 0.755. The van der Waals surface area contributed by atoms with Crippen LogP contribution in [0.3, 0.4) is 0 Å². The van der Waals surface area contributed by atoms with E-state index in [2.05, 4.69) is 5.32 Å². The van der Waals surface area contributed by atoms with Crippen molar-refractivity contribution in [3.05, 3.63) is 24.3 Å². The Hall–Kier alpha value is -2.61. The smallest absolute Gasteiger partial charge is 0.238 e.